The topological polar surface area (TPSA) is 40.5 Å². The molecular formula is C12H14ClNO2S. The van der Waals surface area contributed by atoms with Crippen LogP contribution in [0.5, 0.6) is 0 Å². The molecule has 0 saturated carbocycles. The van der Waals surface area contributed by atoms with Gasteiger partial charge in [0.1, 0.15) is 0 Å². The highest BCUT2D eigenvalue weighted by Gasteiger charge is 2.25. The average Bonchev–Trinajstić information content (AvgIpc) is 2.30. The molecule has 1 unspecified atom stereocenters. The van der Waals surface area contributed by atoms with E-state index in [-0.39, 0.29) is 12.6 Å². The summed E-state index contributed by atoms with van der Waals surface area (Å²) in [5.74, 6) is 1.17. The van der Waals surface area contributed by atoms with Crippen LogP contribution in [0.3, 0.4) is 0 Å². The third kappa shape index (κ3) is 3.37. The van der Waals surface area contributed by atoms with Crippen molar-refractivity contribution in [1.82, 2.24) is 4.90 Å². The van der Waals surface area contributed by atoms with Crippen LogP contribution in [0.1, 0.15) is 11.6 Å². The first-order valence-electron chi connectivity index (χ1n) is 5.46. The molecule has 0 amide bonds. The fraction of sp³-hybridized carbons (Fsp3) is 0.417. The van der Waals surface area contributed by atoms with Gasteiger partial charge in [-0.05, 0) is 17.7 Å². The summed E-state index contributed by atoms with van der Waals surface area (Å²) in [6, 6.07) is 7.85. The Labute approximate surface area is 110 Å². The van der Waals surface area contributed by atoms with Crippen LogP contribution in [0.25, 0.3) is 0 Å². The first-order chi connectivity index (χ1) is 8.16. The highest BCUT2D eigenvalue weighted by Crippen LogP contribution is 2.29. The molecule has 1 aromatic rings. The number of halogens is 1. The predicted molar refractivity (Wildman–Crippen MR) is 70.7 cm³/mol. The van der Waals surface area contributed by atoms with Gasteiger partial charge in [-0.3, -0.25) is 9.69 Å². The van der Waals surface area contributed by atoms with Gasteiger partial charge in [0, 0.05) is 29.1 Å². The fourth-order valence-corrected chi connectivity index (χ4v) is 3.28. The molecule has 0 bridgehead atoms. The zero-order valence-corrected chi connectivity index (χ0v) is 10.9. The third-order valence-corrected chi connectivity index (χ3v) is 4.11. The van der Waals surface area contributed by atoms with Gasteiger partial charge in [-0.2, -0.15) is 11.8 Å². The Morgan fingerprint density at radius 1 is 1.47 bits per heavy atom. The fourth-order valence-electron chi connectivity index (χ4n) is 1.99. The van der Waals surface area contributed by atoms with Crippen LogP contribution in [-0.4, -0.2) is 40.6 Å². The smallest absolute Gasteiger partial charge is 0.317 e. The molecule has 17 heavy (non-hydrogen) atoms. The molecule has 0 radical (unpaired) electrons. The normalized spacial score (nSPS) is 21.4. The average molecular weight is 272 g/mol. The van der Waals surface area contributed by atoms with Gasteiger partial charge in [0.25, 0.3) is 0 Å². The van der Waals surface area contributed by atoms with Crippen molar-refractivity contribution in [3.8, 4) is 0 Å². The van der Waals surface area contributed by atoms with Crippen LogP contribution < -0.4 is 0 Å². The Balaban J connectivity index is 2.15. The molecule has 1 fully saturated rings. The van der Waals surface area contributed by atoms with E-state index in [2.05, 4.69) is 0 Å². The number of nitrogens with zero attached hydrogens (tertiary/aromatic N) is 1. The van der Waals surface area contributed by atoms with E-state index in [0.717, 1.165) is 23.6 Å². The number of aliphatic carboxylic acids is 1. The minimum atomic E-state index is -0.768. The summed E-state index contributed by atoms with van der Waals surface area (Å²) in [6.07, 6.45) is 0. The van der Waals surface area contributed by atoms with E-state index in [0.29, 0.717) is 5.02 Å². The quantitative estimate of drug-likeness (QED) is 0.917. The number of benzene rings is 1. The van der Waals surface area contributed by atoms with Crippen LogP contribution in [-0.2, 0) is 4.79 Å². The standard InChI is InChI=1S/C12H14ClNO2S/c13-10-3-1-9(2-4-10)11-8-17-6-5-14(11)7-12(15)16/h1-4,11H,5-8H2,(H,15,16). The van der Waals surface area contributed by atoms with Crippen molar-refractivity contribution in [2.45, 2.75) is 6.04 Å². The van der Waals surface area contributed by atoms with Crippen LogP contribution in [0.2, 0.25) is 5.02 Å². The van der Waals surface area contributed by atoms with Gasteiger partial charge in [-0.25, -0.2) is 0 Å². The molecule has 2 rings (SSSR count). The third-order valence-electron chi connectivity index (χ3n) is 2.83. The number of thioether (sulfide) groups is 1. The second-order valence-corrected chi connectivity index (χ2v) is 5.59. The maximum absolute atomic E-state index is 10.8. The molecule has 1 aliphatic rings. The molecule has 1 aliphatic heterocycles. The monoisotopic (exact) mass is 271 g/mol. The van der Waals surface area contributed by atoms with Gasteiger partial charge >= 0.3 is 5.97 Å². The summed E-state index contributed by atoms with van der Waals surface area (Å²) in [4.78, 5) is 12.8. The Morgan fingerprint density at radius 2 is 2.18 bits per heavy atom. The van der Waals surface area contributed by atoms with Crippen molar-refractivity contribution in [3.05, 3.63) is 34.9 Å². The van der Waals surface area contributed by atoms with Crippen molar-refractivity contribution in [2.75, 3.05) is 24.6 Å². The first kappa shape index (κ1) is 12.7. The summed E-state index contributed by atoms with van der Waals surface area (Å²) >= 11 is 7.72. The van der Waals surface area contributed by atoms with Crippen molar-refractivity contribution in [1.29, 1.82) is 0 Å². The van der Waals surface area contributed by atoms with Crippen molar-refractivity contribution < 1.29 is 9.90 Å². The van der Waals surface area contributed by atoms with E-state index in [1.165, 1.54) is 0 Å². The van der Waals surface area contributed by atoms with Gasteiger partial charge in [0.05, 0.1) is 6.54 Å². The van der Waals surface area contributed by atoms with E-state index in [1.807, 2.05) is 40.9 Å². The number of hydrogen-bond donors (Lipinski definition) is 1. The van der Waals surface area contributed by atoms with Crippen molar-refractivity contribution in [2.24, 2.45) is 0 Å². The lowest BCUT2D eigenvalue weighted by atomic mass is 10.1. The number of carboxylic acid groups (broad SMARTS) is 1. The molecule has 5 heteroatoms. The lowest BCUT2D eigenvalue weighted by molar-refractivity contribution is -0.138. The van der Waals surface area contributed by atoms with E-state index >= 15 is 0 Å². The van der Waals surface area contributed by atoms with E-state index in [4.69, 9.17) is 16.7 Å². The van der Waals surface area contributed by atoms with Gasteiger partial charge in [0.15, 0.2) is 0 Å². The largest absolute Gasteiger partial charge is 0.480 e. The van der Waals surface area contributed by atoms with Crippen LogP contribution in [0, 0.1) is 0 Å². The molecule has 0 spiro atoms. The minimum absolute atomic E-state index is 0.105. The maximum Gasteiger partial charge on any atom is 0.317 e. The molecule has 1 N–H and O–H groups in total. The van der Waals surface area contributed by atoms with Crippen molar-refractivity contribution in [3.63, 3.8) is 0 Å². The van der Waals surface area contributed by atoms with Gasteiger partial charge in [0.2, 0.25) is 0 Å². The van der Waals surface area contributed by atoms with E-state index in [1.54, 1.807) is 0 Å². The van der Waals surface area contributed by atoms with Crippen molar-refractivity contribution >= 4 is 29.3 Å². The minimum Gasteiger partial charge on any atom is -0.480 e. The molecular weight excluding hydrogens is 258 g/mol. The van der Waals surface area contributed by atoms with E-state index in [9.17, 15) is 4.79 Å². The van der Waals surface area contributed by atoms with Gasteiger partial charge in [-0.1, -0.05) is 23.7 Å². The summed E-state index contributed by atoms with van der Waals surface area (Å²) in [5.41, 5.74) is 1.14. The second-order valence-electron chi connectivity index (χ2n) is 4.01. The van der Waals surface area contributed by atoms with Crippen LogP contribution in [0.4, 0.5) is 0 Å². The van der Waals surface area contributed by atoms with Crippen LogP contribution >= 0.6 is 23.4 Å². The summed E-state index contributed by atoms with van der Waals surface area (Å²) in [5, 5.41) is 9.62. The summed E-state index contributed by atoms with van der Waals surface area (Å²) in [6.45, 7) is 0.929. The predicted octanol–water partition coefficient (Wildman–Crippen LogP) is 2.51. The number of carbonyl (C=O) groups is 1. The van der Waals surface area contributed by atoms with Gasteiger partial charge in [-0.15, -0.1) is 0 Å². The SMILES string of the molecule is O=C(O)CN1CCSCC1c1ccc(Cl)cc1. The number of rotatable bonds is 3. The van der Waals surface area contributed by atoms with Crippen LogP contribution in [0.15, 0.2) is 24.3 Å². The molecule has 0 aromatic heterocycles. The van der Waals surface area contributed by atoms with Gasteiger partial charge < -0.3 is 5.11 Å². The molecule has 92 valence electrons. The highest BCUT2D eigenvalue weighted by molar-refractivity contribution is 7.99. The molecule has 1 saturated heterocycles. The second kappa shape index (κ2) is 5.76. The lowest BCUT2D eigenvalue weighted by Crippen LogP contribution is -2.39. The lowest BCUT2D eigenvalue weighted by Gasteiger charge is -2.34. The highest BCUT2D eigenvalue weighted by atomic mass is 35.5. The zero-order valence-electron chi connectivity index (χ0n) is 9.30. The summed E-state index contributed by atoms with van der Waals surface area (Å²) in [7, 11) is 0. The Morgan fingerprint density at radius 3 is 2.82 bits per heavy atom. The Hall–Kier alpha value is -0.710. The zero-order chi connectivity index (χ0) is 12.3. The molecule has 1 atom stereocenters. The first-order valence-corrected chi connectivity index (χ1v) is 6.99. The maximum atomic E-state index is 10.8. The molecule has 3 nitrogen and oxygen atoms in total. The van der Waals surface area contributed by atoms with E-state index < -0.39 is 5.97 Å². The Kier molecular flexibility index (Phi) is 4.31. The molecule has 1 aromatic carbocycles. The Bertz CT molecular complexity index is 396. The number of hydrogen-bond acceptors (Lipinski definition) is 3. The summed E-state index contributed by atoms with van der Waals surface area (Å²) < 4.78 is 0. The molecule has 1 heterocycles. The number of carboxylic acids is 1. The molecule has 0 aliphatic carbocycles.